The lowest BCUT2D eigenvalue weighted by molar-refractivity contribution is 0.273. The molecule has 0 radical (unpaired) electrons. The molecular weight excluding hydrogens is 254 g/mol. The monoisotopic (exact) mass is 287 g/mol. The molecule has 1 aliphatic rings. The average molecular weight is 287 g/mol. The highest BCUT2D eigenvalue weighted by Crippen LogP contribution is 2.30. The molecule has 1 saturated carbocycles. The van der Waals surface area contributed by atoms with Crippen LogP contribution in [0.2, 0.25) is 0 Å². The second-order valence-electron chi connectivity index (χ2n) is 7.08. The Morgan fingerprint density at radius 3 is 2.38 bits per heavy atom. The minimum atomic E-state index is 0.475. The van der Waals surface area contributed by atoms with Gasteiger partial charge in [0.25, 0.3) is 0 Å². The second-order valence-corrected chi connectivity index (χ2v) is 7.08. The minimum absolute atomic E-state index is 0.475. The molecule has 0 bridgehead atoms. The third-order valence-electron chi connectivity index (χ3n) is 5.16. The molecule has 0 aromatic heterocycles. The van der Waals surface area contributed by atoms with Crippen LogP contribution >= 0.6 is 0 Å². The summed E-state index contributed by atoms with van der Waals surface area (Å²) < 4.78 is 0. The Bertz CT molecular complexity index is 387. The van der Waals surface area contributed by atoms with Crippen LogP contribution in [0.15, 0.2) is 24.3 Å². The molecule has 1 N–H and O–H groups in total. The Labute approximate surface area is 131 Å². The lowest BCUT2D eigenvalue weighted by atomic mass is 9.81. The maximum atomic E-state index is 3.71. The predicted octanol–water partition coefficient (Wildman–Crippen LogP) is 5.51. The Hall–Kier alpha value is -0.820. The fourth-order valence-electron chi connectivity index (χ4n) is 3.50. The molecule has 1 aromatic rings. The van der Waals surface area contributed by atoms with E-state index in [1.807, 2.05) is 0 Å². The molecule has 2 rings (SSSR count). The first-order chi connectivity index (χ1) is 10.2. The maximum absolute atomic E-state index is 3.71. The summed E-state index contributed by atoms with van der Waals surface area (Å²) >= 11 is 0. The van der Waals surface area contributed by atoms with Gasteiger partial charge in [-0.25, -0.2) is 0 Å². The predicted molar refractivity (Wildman–Crippen MR) is 92.6 cm³/mol. The number of benzene rings is 1. The Balaban J connectivity index is 1.70. The van der Waals surface area contributed by atoms with Gasteiger partial charge in [-0.05, 0) is 49.3 Å². The summed E-state index contributed by atoms with van der Waals surface area (Å²) in [5.41, 5.74) is 2.89. The topological polar surface area (TPSA) is 12.0 Å². The quantitative estimate of drug-likeness (QED) is 0.697. The zero-order chi connectivity index (χ0) is 15.1. The van der Waals surface area contributed by atoms with E-state index in [2.05, 4.69) is 50.4 Å². The van der Waals surface area contributed by atoms with E-state index in [4.69, 9.17) is 0 Å². The summed E-state index contributed by atoms with van der Waals surface area (Å²) in [6.45, 7) is 8.09. The maximum Gasteiger partial charge on any atom is 0.0291 e. The zero-order valence-electron chi connectivity index (χ0n) is 14.2. The largest absolute Gasteiger partial charge is 0.310 e. The van der Waals surface area contributed by atoms with Gasteiger partial charge in [-0.2, -0.15) is 0 Å². The van der Waals surface area contributed by atoms with Gasteiger partial charge < -0.3 is 5.32 Å². The van der Waals surface area contributed by atoms with Gasteiger partial charge in [-0.15, -0.1) is 0 Å². The Morgan fingerprint density at radius 1 is 1.10 bits per heavy atom. The van der Waals surface area contributed by atoms with E-state index in [-0.39, 0.29) is 0 Å². The van der Waals surface area contributed by atoms with Crippen molar-refractivity contribution in [1.29, 1.82) is 0 Å². The van der Waals surface area contributed by atoms with E-state index in [1.54, 1.807) is 0 Å². The molecule has 0 saturated heterocycles. The van der Waals surface area contributed by atoms with Gasteiger partial charge >= 0.3 is 0 Å². The van der Waals surface area contributed by atoms with Gasteiger partial charge in [0.15, 0.2) is 0 Å². The van der Waals surface area contributed by atoms with E-state index >= 15 is 0 Å². The molecule has 1 fully saturated rings. The van der Waals surface area contributed by atoms with Crippen molar-refractivity contribution in [1.82, 2.24) is 5.32 Å². The van der Waals surface area contributed by atoms with Gasteiger partial charge in [0.2, 0.25) is 0 Å². The molecule has 1 nitrogen and oxygen atoms in total. The summed E-state index contributed by atoms with van der Waals surface area (Å²) in [5.74, 6) is 1.93. The van der Waals surface area contributed by atoms with Crippen molar-refractivity contribution in [2.24, 2.45) is 11.8 Å². The Kier molecular flexibility index (Phi) is 6.76. The number of hydrogen-bond donors (Lipinski definition) is 1. The van der Waals surface area contributed by atoms with Crippen molar-refractivity contribution in [3.05, 3.63) is 35.4 Å². The highest BCUT2D eigenvalue weighted by Gasteiger charge is 2.17. The van der Waals surface area contributed by atoms with Gasteiger partial charge in [0.05, 0.1) is 0 Å². The third-order valence-corrected chi connectivity index (χ3v) is 5.16. The first kappa shape index (κ1) is 16.5. The number of aryl methyl sites for hydroxylation is 1. The van der Waals surface area contributed by atoms with Crippen molar-refractivity contribution in [2.45, 2.75) is 71.8 Å². The van der Waals surface area contributed by atoms with Gasteiger partial charge in [0.1, 0.15) is 0 Å². The van der Waals surface area contributed by atoms with Crippen LogP contribution < -0.4 is 5.32 Å². The molecule has 1 heteroatoms. The summed E-state index contributed by atoms with van der Waals surface area (Å²) in [7, 11) is 0. The highest BCUT2D eigenvalue weighted by molar-refractivity contribution is 5.24. The van der Waals surface area contributed by atoms with Crippen molar-refractivity contribution < 1.29 is 0 Å². The van der Waals surface area contributed by atoms with Crippen LogP contribution in [0.25, 0.3) is 0 Å². The minimum Gasteiger partial charge on any atom is -0.310 e. The summed E-state index contributed by atoms with van der Waals surface area (Å²) in [4.78, 5) is 0. The first-order valence-electron chi connectivity index (χ1n) is 9.01. The lowest BCUT2D eigenvalue weighted by Gasteiger charge is -2.26. The molecule has 1 aromatic carbocycles. The van der Waals surface area contributed by atoms with Crippen LogP contribution in [-0.4, -0.2) is 6.54 Å². The smallest absolute Gasteiger partial charge is 0.0291 e. The van der Waals surface area contributed by atoms with E-state index in [1.165, 1.54) is 56.1 Å². The van der Waals surface area contributed by atoms with Crippen molar-refractivity contribution in [3.63, 3.8) is 0 Å². The second kappa shape index (κ2) is 8.58. The number of hydrogen-bond acceptors (Lipinski definition) is 1. The van der Waals surface area contributed by atoms with Crippen LogP contribution in [0.4, 0.5) is 0 Å². The van der Waals surface area contributed by atoms with E-state index in [9.17, 15) is 0 Å². The standard InChI is InChI=1S/C20H33N/c1-4-5-18-10-12-20(13-11-18)17(3)21-15-14-19-8-6-16(2)7-9-19/h10-13,16-17,19,21H,4-9,14-15H2,1-3H3. The zero-order valence-corrected chi connectivity index (χ0v) is 14.2. The van der Waals surface area contributed by atoms with E-state index in [0.29, 0.717) is 6.04 Å². The Morgan fingerprint density at radius 2 is 1.76 bits per heavy atom. The molecule has 21 heavy (non-hydrogen) atoms. The fourth-order valence-corrected chi connectivity index (χ4v) is 3.50. The van der Waals surface area contributed by atoms with Crippen LogP contribution in [0, 0.1) is 11.8 Å². The van der Waals surface area contributed by atoms with Crippen LogP contribution in [-0.2, 0) is 6.42 Å². The summed E-state index contributed by atoms with van der Waals surface area (Å²) in [5, 5.41) is 3.71. The number of nitrogens with one attached hydrogen (secondary N) is 1. The summed E-state index contributed by atoms with van der Waals surface area (Å²) in [6.07, 6.45) is 9.56. The van der Waals surface area contributed by atoms with Crippen molar-refractivity contribution in [2.75, 3.05) is 6.54 Å². The number of rotatable bonds is 7. The van der Waals surface area contributed by atoms with E-state index in [0.717, 1.165) is 18.4 Å². The third kappa shape index (κ3) is 5.47. The fraction of sp³-hybridized carbons (Fsp3) is 0.700. The van der Waals surface area contributed by atoms with E-state index < -0.39 is 0 Å². The lowest BCUT2D eigenvalue weighted by Crippen LogP contribution is -2.23. The molecule has 0 spiro atoms. The van der Waals surface area contributed by atoms with Crippen LogP contribution in [0.3, 0.4) is 0 Å². The summed E-state index contributed by atoms with van der Waals surface area (Å²) in [6, 6.07) is 9.65. The van der Waals surface area contributed by atoms with Gasteiger partial charge in [-0.3, -0.25) is 0 Å². The van der Waals surface area contributed by atoms with Gasteiger partial charge in [-0.1, -0.05) is 70.2 Å². The molecule has 0 heterocycles. The van der Waals surface area contributed by atoms with Crippen molar-refractivity contribution >= 4 is 0 Å². The van der Waals surface area contributed by atoms with Crippen LogP contribution in [0.1, 0.15) is 76.5 Å². The molecular formula is C20H33N. The average Bonchev–Trinajstić information content (AvgIpc) is 2.50. The molecule has 1 unspecified atom stereocenters. The molecule has 0 aliphatic heterocycles. The van der Waals surface area contributed by atoms with Crippen molar-refractivity contribution in [3.8, 4) is 0 Å². The molecule has 0 amide bonds. The highest BCUT2D eigenvalue weighted by atomic mass is 14.9. The van der Waals surface area contributed by atoms with Crippen LogP contribution in [0.5, 0.6) is 0 Å². The van der Waals surface area contributed by atoms with Gasteiger partial charge in [0, 0.05) is 6.04 Å². The molecule has 1 aliphatic carbocycles. The first-order valence-corrected chi connectivity index (χ1v) is 9.01. The normalized spacial score (nSPS) is 24.0. The molecule has 1 atom stereocenters. The molecule has 118 valence electrons. The SMILES string of the molecule is CCCc1ccc(C(C)NCCC2CCC(C)CC2)cc1.